The number of benzene rings is 2. The molecule has 2 aromatic rings. The van der Waals surface area contributed by atoms with Gasteiger partial charge in [0.1, 0.15) is 35.6 Å². The number of ether oxygens (including phenoxy) is 1. The van der Waals surface area contributed by atoms with Crippen molar-refractivity contribution in [1.82, 2.24) is 0 Å². The highest BCUT2D eigenvalue weighted by Crippen LogP contribution is 2.32. The topological polar surface area (TPSA) is 41.8 Å². The number of alkyl halides is 3. The first-order valence-corrected chi connectivity index (χ1v) is 12.7. The average molecular weight is 554 g/mol. The van der Waals surface area contributed by atoms with E-state index in [4.69, 9.17) is 4.74 Å². The van der Waals surface area contributed by atoms with Gasteiger partial charge in [0.25, 0.3) is 0 Å². The molecule has 208 valence electrons. The maximum atomic E-state index is 14.2. The molecular weight excluding hydrogens is 525 g/mol. The van der Waals surface area contributed by atoms with E-state index in [0.717, 1.165) is 40.8 Å². The van der Waals surface area contributed by atoms with Crippen LogP contribution in [-0.2, 0) is 17.3 Å². The van der Waals surface area contributed by atoms with E-state index in [-0.39, 0.29) is 36.3 Å². The summed E-state index contributed by atoms with van der Waals surface area (Å²) in [4.78, 5) is 4.42. The van der Waals surface area contributed by atoms with Crippen LogP contribution >= 0.6 is 0 Å². The van der Waals surface area contributed by atoms with Gasteiger partial charge in [0.15, 0.2) is 0 Å². The smallest absolute Gasteiger partial charge is 0.416 e. The highest BCUT2D eigenvalue weighted by Gasteiger charge is 2.30. The van der Waals surface area contributed by atoms with E-state index in [9.17, 15) is 27.1 Å². The second-order valence-corrected chi connectivity index (χ2v) is 9.45. The zero-order valence-electron chi connectivity index (χ0n) is 21.8. The highest BCUT2D eigenvalue weighted by molar-refractivity contribution is 5.99. The third-order valence-corrected chi connectivity index (χ3v) is 6.38. The van der Waals surface area contributed by atoms with Gasteiger partial charge in [-0.25, -0.2) is 13.8 Å². The van der Waals surface area contributed by atoms with E-state index in [1.165, 1.54) is 24.3 Å². The molecule has 1 aliphatic heterocycles. The maximum absolute atomic E-state index is 14.2. The first-order chi connectivity index (χ1) is 19.1. The van der Waals surface area contributed by atoms with Crippen LogP contribution in [0, 0.1) is 6.92 Å². The summed E-state index contributed by atoms with van der Waals surface area (Å²) in [6, 6.07) is 12.7. The molecule has 0 bridgehead atoms. The third kappa shape index (κ3) is 7.68. The van der Waals surface area contributed by atoms with Crippen molar-refractivity contribution in [3.05, 3.63) is 142 Å². The summed E-state index contributed by atoms with van der Waals surface area (Å²) in [6.07, 6.45) is 9.01. The van der Waals surface area contributed by atoms with Crippen molar-refractivity contribution in [2.24, 2.45) is 4.99 Å². The van der Waals surface area contributed by atoms with Gasteiger partial charge in [0.2, 0.25) is 5.90 Å². The minimum absolute atomic E-state index is 0.0232. The van der Waals surface area contributed by atoms with Crippen molar-refractivity contribution in [2.45, 2.75) is 38.4 Å². The molecule has 3 aliphatic rings. The number of aliphatic hydroxyl groups excluding tert-OH is 1. The van der Waals surface area contributed by atoms with Gasteiger partial charge < -0.3 is 9.84 Å². The number of hydrogen-bond acceptors (Lipinski definition) is 3. The SMILES string of the molecule is Cc1ccc(C(F)(F)F)cc1.OC1=CCC=C(Cc2ccc(C3COC(C4=C(F)CC=CC=C4F)=N3)cc2)C=C1. The first kappa shape index (κ1) is 28.8. The molecule has 8 heteroatoms. The summed E-state index contributed by atoms with van der Waals surface area (Å²) in [5.74, 6) is -0.942. The predicted octanol–water partition coefficient (Wildman–Crippen LogP) is 9.08. The van der Waals surface area contributed by atoms with Crippen LogP contribution in [0.1, 0.15) is 41.1 Å². The second-order valence-electron chi connectivity index (χ2n) is 9.45. The standard InChI is InChI=1S/C24H21F2NO2.C8H7F3/c25-20-6-1-2-7-21(26)23(20)24-27-22(15-29-24)18-11-8-17(9-12-18)14-16-4-3-5-19(28)13-10-16;1-6-2-4-7(5-3-6)8(9,10)11/h1-2,4-6,8-13,22,28H,3,7,14-15H2;2-5H,1H3. The summed E-state index contributed by atoms with van der Waals surface area (Å²) in [5.41, 5.74) is 3.26. The van der Waals surface area contributed by atoms with Crippen LogP contribution < -0.4 is 0 Å². The molecule has 0 saturated carbocycles. The Labute approximate surface area is 229 Å². The monoisotopic (exact) mass is 553 g/mol. The molecule has 0 saturated heterocycles. The Bertz CT molecular complexity index is 1420. The van der Waals surface area contributed by atoms with E-state index in [2.05, 4.69) is 11.1 Å². The lowest BCUT2D eigenvalue weighted by Gasteiger charge is -2.07. The van der Waals surface area contributed by atoms with E-state index in [0.29, 0.717) is 6.42 Å². The molecule has 5 rings (SSSR count). The fourth-order valence-electron chi connectivity index (χ4n) is 4.17. The van der Waals surface area contributed by atoms with Gasteiger partial charge in [-0.1, -0.05) is 66.3 Å². The normalized spacial score (nSPS) is 18.9. The largest absolute Gasteiger partial charge is 0.508 e. The van der Waals surface area contributed by atoms with Gasteiger partial charge in [-0.2, -0.15) is 13.2 Å². The minimum atomic E-state index is -4.21. The fourth-order valence-corrected chi connectivity index (χ4v) is 4.17. The number of nitrogens with zero attached hydrogens (tertiary/aromatic N) is 1. The zero-order chi connectivity index (χ0) is 28.7. The summed E-state index contributed by atoms with van der Waals surface area (Å²) in [5, 5.41) is 9.55. The van der Waals surface area contributed by atoms with Gasteiger partial charge in [-0.3, -0.25) is 0 Å². The molecule has 0 radical (unpaired) electrons. The lowest BCUT2D eigenvalue weighted by Crippen LogP contribution is -2.06. The van der Waals surface area contributed by atoms with Crippen molar-refractivity contribution < 1.29 is 31.8 Å². The molecule has 1 unspecified atom stereocenters. The maximum Gasteiger partial charge on any atom is 0.416 e. The Hall–Kier alpha value is -4.20. The van der Waals surface area contributed by atoms with Crippen molar-refractivity contribution >= 4 is 5.90 Å². The first-order valence-electron chi connectivity index (χ1n) is 12.7. The van der Waals surface area contributed by atoms with Crippen LogP contribution in [-0.4, -0.2) is 17.6 Å². The van der Waals surface area contributed by atoms with Gasteiger partial charge in [0.05, 0.1) is 5.56 Å². The summed E-state index contributed by atoms with van der Waals surface area (Å²) in [6.45, 7) is 2.01. The van der Waals surface area contributed by atoms with E-state index in [1.807, 2.05) is 30.3 Å². The Morgan fingerprint density at radius 1 is 0.975 bits per heavy atom. The van der Waals surface area contributed by atoms with Gasteiger partial charge in [-0.15, -0.1) is 0 Å². The Morgan fingerprint density at radius 3 is 2.40 bits per heavy atom. The number of aliphatic imine (C=N–C) groups is 1. The van der Waals surface area contributed by atoms with E-state index >= 15 is 0 Å². The molecule has 2 aromatic carbocycles. The van der Waals surface area contributed by atoms with Crippen LogP contribution in [0.2, 0.25) is 0 Å². The van der Waals surface area contributed by atoms with Crippen LogP contribution in [0.3, 0.4) is 0 Å². The Balaban J connectivity index is 0.000000283. The van der Waals surface area contributed by atoms with Crippen LogP contribution in [0.5, 0.6) is 0 Å². The zero-order valence-corrected chi connectivity index (χ0v) is 21.8. The van der Waals surface area contributed by atoms with Crippen molar-refractivity contribution in [3.63, 3.8) is 0 Å². The summed E-state index contributed by atoms with van der Waals surface area (Å²) >= 11 is 0. The molecule has 40 heavy (non-hydrogen) atoms. The fraction of sp³-hybridized carbons (Fsp3) is 0.219. The molecule has 0 aromatic heterocycles. The number of halogens is 5. The van der Waals surface area contributed by atoms with Crippen molar-refractivity contribution in [3.8, 4) is 0 Å². The number of hydrogen-bond donors (Lipinski definition) is 1. The summed E-state index contributed by atoms with van der Waals surface area (Å²) in [7, 11) is 0. The quantitative estimate of drug-likeness (QED) is 0.384. The molecule has 0 fully saturated rings. The number of rotatable bonds is 4. The second kappa shape index (κ2) is 12.8. The Kier molecular flexibility index (Phi) is 9.19. The molecule has 0 spiro atoms. The molecule has 1 N–H and O–H groups in total. The van der Waals surface area contributed by atoms with Gasteiger partial charge in [-0.05, 0) is 66.8 Å². The average Bonchev–Trinajstić information content (AvgIpc) is 3.21. The predicted molar refractivity (Wildman–Crippen MR) is 146 cm³/mol. The van der Waals surface area contributed by atoms with E-state index in [1.54, 1.807) is 25.2 Å². The lowest BCUT2D eigenvalue weighted by atomic mass is 10.0. The van der Waals surface area contributed by atoms with Crippen LogP contribution in [0.25, 0.3) is 0 Å². The number of aliphatic hydroxyl groups is 1. The molecule has 0 amide bonds. The number of aryl methyl sites for hydroxylation is 1. The highest BCUT2D eigenvalue weighted by atomic mass is 19.4. The molecule has 3 nitrogen and oxygen atoms in total. The lowest BCUT2D eigenvalue weighted by molar-refractivity contribution is -0.137. The van der Waals surface area contributed by atoms with Crippen LogP contribution in [0.15, 0.2) is 125 Å². The molecule has 2 aliphatic carbocycles. The minimum Gasteiger partial charge on any atom is -0.508 e. The van der Waals surface area contributed by atoms with Gasteiger partial charge in [0, 0.05) is 6.42 Å². The molecule has 1 heterocycles. The molecular formula is C32H28F5NO2. The van der Waals surface area contributed by atoms with Crippen molar-refractivity contribution in [2.75, 3.05) is 6.61 Å². The number of allylic oxidation sites excluding steroid dienone is 9. The van der Waals surface area contributed by atoms with Crippen LogP contribution in [0.4, 0.5) is 22.0 Å². The van der Waals surface area contributed by atoms with Gasteiger partial charge >= 0.3 is 6.18 Å². The Morgan fingerprint density at radius 2 is 1.70 bits per heavy atom. The molecule has 1 atom stereocenters. The van der Waals surface area contributed by atoms with E-state index < -0.39 is 23.4 Å². The summed E-state index contributed by atoms with van der Waals surface area (Å²) < 4.78 is 69.7. The third-order valence-electron chi connectivity index (χ3n) is 6.38. The van der Waals surface area contributed by atoms with Crippen molar-refractivity contribution in [1.29, 1.82) is 0 Å².